The smallest absolute Gasteiger partial charge is 0.251 e. The average Bonchev–Trinajstić information content (AvgIpc) is 3.39. The summed E-state index contributed by atoms with van der Waals surface area (Å²) in [5, 5.41) is 2.90. The Bertz CT molecular complexity index is 692. The number of hydrogen-bond donors (Lipinski definition) is 1. The number of hydrogen-bond acceptors (Lipinski definition) is 4. The van der Waals surface area contributed by atoms with Crippen molar-refractivity contribution in [1.29, 1.82) is 0 Å². The molecule has 1 aromatic rings. The van der Waals surface area contributed by atoms with E-state index in [1.807, 2.05) is 6.92 Å². The van der Waals surface area contributed by atoms with E-state index in [4.69, 9.17) is 4.74 Å². The highest BCUT2D eigenvalue weighted by Crippen LogP contribution is 2.24. The summed E-state index contributed by atoms with van der Waals surface area (Å²) in [6.07, 6.45) is 2.60. The van der Waals surface area contributed by atoms with E-state index in [0.29, 0.717) is 38.3 Å². The number of sulfonamides is 1. The molecule has 0 atom stereocenters. The second kappa shape index (κ2) is 6.59. The molecule has 1 saturated carbocycles. The van der Waals surface area contributed by atoms with Crippen LogP contribution in [0.4, 0.5) is 0 Å². The number of aryl methyl sites for hydroxylation is 1. The summed E-state index contributed by atoms with van der Waals surface area (Å²) in [4.78, 5) is 12.5. The van der Waals surface area contributed by atoms with Crippen LogP contribution in [0.15, 0.2) is 23.1 Å². The quantitative estimate of drug-likeness (QED) is 0.874. The van der Waals surface area contributed by atoms with Gasteiger partial charge in [-0.1, -0.05) is 13.0 Å². The minimum absolute atomic E-state index is 0.200. The Morgan fingerprint density at radius 3 is 2.61 bits per heavy atom. The molecule has 1 aromatic carbocycles. The first-order valence-electron chi connectivity index (χ1n) is 8.04. The van der Waals surface area contributed by atoms with Crippen molar-refractivity contribution >= 4 is 15.9 Å². The van der Waals surface area contributed by atoms with E-state index >= 15 is 0 Å². The highest BCUT2D eigenvalue weighted by atomic mass is 32.2. The van der Waals surface area contributed by atoms with Crippen LogP contribution in [0.3, 0.4) is 0 Å². The van der Waals surface area contributed by atoms with Crippen LogP contribution in [-0.4, -0.2) is 51.0 Å². The van der Waals surface area contributed by atoms with E-state index in [2.05, 4.69) is 5.32 Å². The molecule has 1 aliphatic heterocycles. The number of ether oxygens (including phenoxy) is 1. The molecule has 0 unspecified atom stereocenters. The molecule has 0 spiro atoms. The number of carbonyl (C=O) groups is 1. The third-order valence-corrected chi connectivity index (χ3v) is 6.19. The molecule has 6 nitrogen and oxygen atoms in total. The predicted octanol–water partition coefficient (Wildman–Crippen LogP) is 1.16. The van der Waals surface area contributed by atoms with Gasteiger partial charge in [-0.15, -0.1) is 0 Å². The Kier molecular flexibility index (Phi) is 4.70. The number of benzene rings is 1. The van der Waals surface area contributed by atoms with Crippen LogP contribution in [-0.2, 0) is 21.2 Å². The topological polar surface area (TPSA) is 75.7 Å². The lowest BCUT2D eigenvalue weighted by Gasteiger charge is -2.27. The zero-order chi connectivity index (χ0) is 16.4. The first-order chi connectivity index (χ1) is 11.0. The molecule has 1 heterocycles. The summed E-state index contributed by atoms with van der Waals surface area (Å²) in [5.74, 6) is -0.200. The summed E-state index contributed by atoms with van der Waals surface area (Å²) < 4.78 is 32.5. The Labute approximate surface area is 136 Å². The third-order valence-electron chi connectivity index (χ3n) is 4.21. The number of morpholine rings is 1. The summed E-state index contributed by atoms with van der Waals surface area (Å²) in [5.41, 5.74) is 1.14. The van der Waals surface area contributed by atoms with E-state index in [9.17, 15) is 13.2 Å². The third kappa shape index (κ3) is 3.57. The van der Waals surface area contributed by atoms with E-state index < -0.39 is 10.0 Å². The summed E-state index contributed by atoms with van der Waals surface area (Å²) in [7, 11) is -3.60. The van der Waals surface area contributed by atoms with Crippen molar-refractivity contribution in [3.05, 3.63) is 29.3 Å². The molecule has 3 rings (SSSR count). The van der Waals surface area contributed by atoms with Gasteiger partial charge < -0.3 is 10.1 Å². The van der Waals surface area contributed by atoms with Gasteiger partial charge in [0.1, 0.15) is 0 Å². The van der Waals surface area contributed by atoms with Gasteiger partial charge in [0.15, 0.2) is 0 Å². The lowest BCUT2D eigenvalue weighted by Crippen LogP contribution is -2.41. The average molecular weight is 338 g/mol. The number of nitrogens with one attached hydrogen (secondary N) is 1. The predicted molar refractivity (Wildman–Crippen MR) is 85.9 cm³/mol. The Hall–Kier alpha value is -1.44. The molecular formula is C16H22N2O4S. The van der Waals surface area contributed by atoms with Gasteiger partial charge in [0.05, 0.1) is 18.1 Å². The zero-order valence-corrected chi connectivity index (χ0v) is 14.1. The van der Waals surface area contributed by atoms with Gasteiger partial charge in [-0.2, -0.15) is 4.31 Å². The highest BCUT2D eigenvalue weighted by Gasteiger charge is 2.30. The molecule has 23 heavy (non-hydrogen) atoms. The van der Waals surface area contributed by atoms with Crippen molar-refractivity contribution in [2.75, 3.05) is 26.3 Å². The van der Waals surface area contributed by atoms with Crippen molar-refractivity contribution in [1.82, 2.24) is 9.62 Å². The first kappa shape index (κ1) is 16.4. The molecule has 126 valence electrons. The van der Waals surface area contributed by atoms with Crippen LogP contribution < -0.4 is 5.32 Å². The van der Waals surface area contributed by atoms with Crippen LogP contribution >= 0.6 is 0 Å². The summed E-state index contributed by atoms with van der Waals surface area (Å²) in [6.45, 7) is 3.43. The summed E-state index contributed by atoms with van der Waals surface area (Å²) in [6, 6.07) is 5.21. The fraction of sp³-hybridized carbons (Fsp3) is 0.562. The van der Waals surface area contributed by atoms with Gasteiger partial charge in [0.2, 0.25) is 10.0 Å². The van der Waals surface area contributed by atoms with E-state index in [1.54, 1.807) is 12.1 Å². The van der Waals surface area contributed by atoms with Gasteiger partial charge >= 0.3 is 0 Å². The number of carbonyl (C=O) groups excluding carboxylic acids is 1. The monoisotopic (exact) mass is 338 g/mol. The molecule has 2 fully saturated rings. The van der Waals surface area contributed by atoms with E-state index in [-0.39, 0.29) is 16.8 Å². The first-order valence-corrected chi connectivity index (χ1v) is 9.48. The molecule has 1 amide bonds. The molecule has 0 radical (unpaired) electrons. The van der Waals surface area contributed by atoms with Gasteiger partial charge in [0.25, 0.3) is 5.91 Å². The minimum atomic E-state index is -3.60. The highest BCUT2D eigenvalue weighted by molar-refractivity contribution is 7.89. The molecular weight excluding hydrogens is 316 g/mol. The van der Waals surface area contributed by atoms with Crippen LogP contribution in [0, 0.1) is 0 Å². The Morgan fingerprint density at radius 1 is 1.30 bits per heavy atom. The fourth-order valence-electron chi connectivity index (χ4n) is 2.65. The molecule has 1 N–H and O–H groups in total. The molecule has 1 aliphatic carbocycles. The number of amides is 1. The van der Waals surface area contributed by atoms with Crippen LogP contribution in [0.1, 0.15) is 35.7 Å². The largest absolute Gasteiger partial charge is 0.379 e. The van der Waals surface area contributed by atoms with Gasteiger partial charge in [-0.3, -0.25) is 4.79 Å². The van der Waals surface area contributed by atoms with Crippen molar-refractivity contribution in [3.8, 4) is 0 Å². The number of nitrogens with zero attached hydrogens (tertiary/aromatic N) is 1. The molecule has 0 aromatic heterocycles. The molecule has 0 bridgehead atoms. The Balaban J connectivity index is 1.93. The standard InChI is InChI=1S/C16H22N2O4S/c1-2-12-3-4-13(16(19)17-14-5-6-14)11-15(12)23(20,21)18-7-9-22-10-8-18/h3-4,11,14H,2,5-10H2,1H3,(H,17,19). The summed E-state index contributed by atoms with van der Waals surface area (Å²) >= 11 is 0. The van der Waals surface area contributed by atoms with E-state index in [1.165, 1.54) is 10.4 Å². The van der Waals surface area contributed by atoms with Gasteiger partial charge in [-0.05, 0) is 37.0 Å². The maximum atomic E-state index is 12.9. The van der Waals surface area contributed by atoms with Gasteiger partial charge in [-0.25, -0.2) is 8.42 Å². The SMILES string of the molecule is CCc1ccc(C(=O)NC2CC2)cc1S(=O)(=O)N1CCOCC1. The van der Waals surface area contributed by atoms with Crippen molar-refractivity contribution in [2.45, 2.75) is 37.1 Å². The molecule has 1 saturated heterocycles. The second-order valence-corrected chi connectivity index (χ2v) is 7.85. The minimum Gasteiger partial charge on any atom is -0.379 e. The Morgan fingerprint density at radius 2 is 2.00 bits per heavy atom. The molecule has 7 heteroatoms. The second-order valence-electron chi connectivity index (χ2n) is 5.94. The maximum Gasteiger partial charge on any atom is 0.251 e. The molecule has 2 aliphatic rings. The van der Waals surface area contributed by atoms with Crippen molar-refractivity contribution < 1.29 is 17.9 Å². The normalized spacial score (nSPS) is 19.5. The van der Waals surface area contributed by atoms with E-state index in [0.717, 1.165) is 18.4 Å². The van der Waals surface area contributed by atoms with Crippen LogP contribution in [0.2, 0.25) is 0 Å². The maximum absolute atomic E-state index is 12.9. The van der Waals surface area contributed by atoms with Gasteiger partial charge in [0, 0.05) is 24.7 Å². The van der Waals surface area contributed by atoms with Crippen molar-refractivity contribution in [3.63, 3.8) is 0 Å². The van der Waals surface area contributed by atoms with Crippen LogP contribution in [0.5, 0.6) is 0 Å². The lowest BCUT2D eigenvalue weighted by atomic mass is 10.1. The number of rotatable bonds is 5. The van der Waals surface area contributed by atoms with Crippen molar-refractivity contribution in [2.24, 2.45) is 0 Å². The zero-order valence-electron chi connectivity index (χ0n) is 13.2. The fourth-order valence-corrected chi connectivity index (χ4v) is 4.38. The van der Waals surface area contributed by atoms with Crippen LogP contribution in [0.25, 0.3) is 0 Å². The lowest BCUT2D eigenvalue weighted by molar-refractivity contribution is 0.0730.